The van der Waals surface area contributed by atoms with Crippen LogP contribution in [0, 0.1) is 18.8 Å². The molecule has 7 nitrogen and oxygen atoms in total. The van der Waals surface area contributed by atoms with Crippen molar-refractivity contribution in [3.63, 3.8) is 0 Å². The molecule has 0 aliphatic carbocycles. The molecule has 130 valence electrons. The zero-order valence-electron chi connectivity index (χ0n) is 13.3. The zero-order chi connectivity index (χ0) is 17.6. The highest BCUT2D eigenvalue weighted by atomic mass is 32.2. The number of rotatable bonds is 6. The van der Waals surface area contributed by atoms with Crippen molar-refractivity contribution in [1.82, 2.24) is 15.1 Å². The Morgan fingerprint density at radius 3 is 2.67 bits per heavy atom. The number of fused-ring (bicyclic) bond motifs is 1. The van der Waals surface area contributed by atoms with E-state index in [-0.39, 0.29) is 23.6 Å². The molecule has 10 heteroatoms. The minimum absolute atomic E-state index is 0.0634. The summed E-state index contributed by atoms with van der Waals surface area (Å²) in [6.07, 6.45) is -0.778. The van der Waals surface area contributed by atoms with Gasteiger partial charge in [-0.2, -0.15) is 0 Å². The van der Waals surface area contributed by atoms with E-state index >= 15 is 0 Å². The lowest BCUT2D eigenvalue weighted by molar-refractivity contribution is -0.163. The molecule has 4 atom stereocenters. The summed E-state index contributed by atoms with van der Waals surface area (Å²) >= 11 is 4.42. The first-order valence-electron chi connectivity index (χ1n) is 7.37. The van der Waals surface area contributed by atoms with Gasteiger partial charge >= 0.3 is 5.97 Å². The van der Waals surface area contributed by atoms with Crippen molar-refractivity contribution in [3.05, 3.63) is 15.6 Å². The van der Waals surface area contributed by atoms with E-state index in [1.54, 1.807) is 6.92 Å². The molecule has 0 radical (unpaired) electrons. The smallest absolute Gasteiger partial charge is 0.353 e. The fraction of sp³-hybridized carbons (Fsp3) is 0.571. The molecule has 0 aromatic carbocycles. The van der Waals surface area contributed by atoms with Gasteiger partial charge < -0.3 is 15.1 Å². The van der Waals surface area contributed by atoms with Crippen LogP contribution in [0.25, 0.3) is 0 Å². The first-order valence-corrected chi connectivity index (χ1v) is 10.2. The van der Waals surface area contributed by atoms with Gasteiger partial charge in [-0.1, -0.05) is 30.0 Å². The van der Waals surface area contributed by atoms with Crippen molar-refractivity contribution in [1.29, 1.82) is 0 Å². The average Bonchev–Trinajstić information content (AvgIpc) is 3.00. The molecular formula is C14H17N3O4S3. The normalized spacial score (nSPS) is 27.2. The van der Waals surface area contributed by atoms with E-state index in [9.17, 15) is 19.8 Å². The van der Waals surface area contributed by atoms with E-state index in [0.717, 1.165) is 9.35 Å². The van der Waals surface area contributed by atoms with E-state index in [1.807, 2.05) is 13.8 Å². The largest absolute Gasteiger partial charge is 0.477 e. The minimum atomic E-state index is -1.10. The SMILES string of the molecule is Cc1nnc(SCSC2=C(C(=O)O)N3C(=O)[C@@H]([C@@H](C)O)[C@@H]3[C@H]2C)s1. The molecule has 1 amide bonds. The lowest BCUT2D eigenvalue weighted by Crippen LogP contribution is -2.63. The molecule has 24 heavy (non-hydrogen) atoms. The number of β-lactam (4-membered cyclic amide) rings is 1. The highest BCUT2D eigenvalue weighted by molar-refractivity contribution is 8.18. The summed E-state index contributed by atoms with van der Waals surface area (Å²) in [5.74, 6) is -2.02. The second kappa shape index (κ2) is 6.66. The summed E-state index contributed by atoms with van der Waals surface area (Å²) < 4.78 is 0.837. The predicted molar refractivity (Wildman–Crippen MR) is 92.6 cm³/mol. The Morgan fingerprint density at radius 1 is 1.42 bits per heavy atom. The van der Waals surface area contributed by atoms with Gasteiger partial charge in [0.2, 0.25) is 5.91 Å². The van der Waals surface area contributed by atoms with Crippen molar-refractivity contribution in [2.45, 2.75) is 37.3 Å². The van der Waals surface area contributed by atoms with Crippen LogP contribution in [0.15, 0.2) is 14.9 Å². The number of aliphatic hydroxyl groups is 1. The lowest BCUT2D eigenvalue weighted by atomic mass is 9.79. The number of aromatic nitrogens is 2. The number of thioether (sulfide) groups is 2. The molecule has 0 spiro atoms. The van der Waals surface area contributed by atoms with E-state index in [1.165, 1.54) is 39.8 Å². The first kappa shape index (κ1) is 17.7. The molecule has 1 aromatic rings. The van der Waals surface area contributed by atoms with Crippen LogP contribution in [0.1, 0.15) is 18.9 Å². The van der Waals surface area contributed by atoms with Crippen LogP contribution in [0.3, 0.4) is 0 Å². The van der Waals surface area contributed by atoms with Crippen LogP contribution >= 0.6 is 34.9 Å². The molecule has 0 bridgehead atoms. The highest BCUT2D eigenvalue weighted by Crippen LogP contribution is 2.51. The quantitative estimate of drug-likeness (QED) is 0.432. The lowest BCUT2D eigenvalue weighted by Gasteiger charge is -2.46. The molecule has 3 rings (SSSR count). The van der Waals surface area contributed by atoms with Crippen molar-refractivity contribution >= 4 is 46.7 Å². The predicted octanol–water partition coefficient (Wildman–Crippen LogP) is 1.78. The molecule has 1 aromatic heterocycles. The summed E-state index contributed by atoms with van der Waals surface area (Å²) in [5.41, 5.74) is 0.0634. The number of amides is 1. The van der Waals surface area contributed by atoms with Crippen molar-refractivity contribution < 1.29 is 19.8 Å². The Balaban J connectivity index is 1.75. The molecule has 3 heterocycles. The van der Waals surface area contributed by atoms with Crippen LogP contribution in [-0.4, -0.2) is 54.4 Å². The van der Waals surface area contributed by atoms with Crippen molar-refractivity contribution in [2.24, 2.45) is 11.8 Å². The minimum Gasteiger partial charge on any atom is -0.477 e. The fourth-order valence-corrected chi connectivity index (χ4v) is 6.61. The number of carboxylic acids is 1. The molecule has 1 fully saturated rings. The summed E-state index contributed by atoms with van der Waals surface area (Å²) in [4.78, 5) is 25.9. The maximum atomic E-state index is 12.2. The topological polar surface area (TPSA) is 104 Å². The third-order valence-electron chi connectivity index (χ3n) is 4.22. The van der Waals surface area contributed by atoms with Gasteiger partial charge in [0.25, 0.3) is 0 Å². The standard InChI is InChI=1S/C14H17N3O4S3/c1-5-9-8(6(2)18)12(19)17(9)10(13(20)21)11(5)22-4-23-14-16-15-7(3)24-14/h5-6,8-9,18H,4H2,1-3H3,(H,20,21)/t5-,6-,8+,9+/m1/s1. The van der Waals surface area contributed by atoms with Crippen LogP contribution < -0.4 is 0 Å². The van der Waals surface area contributed by atoms with Gasteiger partial charge in [0.15, 0.2) is 4.34 Å². The molecule has 0 saturated carbocycles. The maximum Gasteiger partial charge on any atom is 0.353 e. The van der Waals surface area contributed by atoms with Crippen molar-refractivity contribution in [3.8, 4) is 0 Å². The second-order valence-electron chi connectivity index (χ2n) is 5.77. The maximum absolute atomic E-state index is 12.2. The second-order valence-corrected chi connectivity index (χ2v) is 9.55. The number of aryl methyl sites for hydroxylation is 1. The highest BCUT2D eigenvalue weighted by Gasteiger charge is 2.59. The third-order valence-corrected chi connectivity index (χ3v) is 7.60. The van der Waals surface area contributed by atoms with Gasteiger partial charge in [-0.05, 0) is 13.8 Å². The Hall–Kier alpha value is -1.10. The van der Waals surface area contributed by atoms with Crippen LogP contribution in [0.5, 0.6) is 0 Å². The van der Waals surface area contributed by atoms with E-state index in [0.29, 0.717) is 9.99 Å². The monoisotopic (exact) mass is 387 g/mol. The fourth-order valence-electron chi connectivity index (χ4n) is 3.20. The van der Waals surface area contributed by atoms with E-state index in [4.69, 9.17) is 0 Å². The molecule has 0 unspecified atom stereocenters. The van der Waals surface area contributed by atoms with Gasteiger partial charge in [0.05, 0.1) is 23.1 Å². The Labute approximate surface area is 151 Å². The Morgan fingerprint density at radius 2 is 2.12 bits per heavy atom. The number of carbonyl (C=O) groups is 2. The summed E-state index contributed by atoms with van der Waals surface area (Å²) in [6.45, 7) is 5.37. The summed E-state index contributed by atoms with van der Waals surface area (Å²) in [6, 6.07) is -0.264. The number of hydrogen-bond acceptors (Lipinski definition) is 8. The van der Waals surface area contributed by atoms with Crippen molar-refractivity contribution in [2.75, 3.05) is 5.08 Å². The average molecular weight is 388 g/mol. The van der Waals surface area contributed by atoms with Crippen LogP contribution in [-0.2, 0) is 9.59 Å². The van der Waals surface area contributed by atoms with Crippen LogP contribution in [0.2, 0.25) is 0 Å². The number of nitrogens with zero attached hydrogens (tertiary/aromatic N) is 3. The zero-order valence-corrected chi connectivity index (χ0v) is 15.7. The van der Waals surface area contributed by atoms with E-state index < -0.39 is 18.0 Å². The van der Waals surface area contributed by atoms with Gasteiger partial charge in [-0.15, -0.1) is 22.0 Å². The summed E-state index contributed by atoms with van der Waals surface area (Å²) in [7, 11) is 0. The van der Waals surface area contributed by atoms with Gasteiger partial charge in [0.1, 0.15) is 10.7 Å². The van der Waals surface area contributed by atoms with Gasteiger partial charge in [-0.3, -0.25) is 4.79 Å². The number of aliphatic carboxylic acids is 1. The molecule has 2 aliphatic rings. The van der Waals surface area contributed by atoms with E-state index in [2.05, 4.69) is 10.2 Å². The first-order chi connectivity index (χ1) is 11.3. The van der Waals surface area contributed by atoms with Gasteiger partial charge in [-0.25, -0.2) is 4.79 Å². The number of hydrogen-bond donors (Lipinski definition) is 2. The Kier molecular flexibility index (Phi) is 4.92. The molecule has 2 aliphatic heterocycles. The molecule has 2 N–H and O–H groups in total. The number of carbonyl (C=O) groups excluding carboxylic acids is 1. The van der Waals surface area contributed by atoms with Gasteiger partial charge in [0, 0.05) is 10.8 Å². The number of aliphatic hydroxyl groups excluding tert-OH is 1. The third kappa shape index (κ3) is 2.85. The summed E-state index contributed by atoms with van der Waals surface area (Å²) in [5, 5.41) is 28.8. The molecular weight excluding hydrogens is 370 g/mol. The van der Waals surface area contributed by atoms with Crippen LogP contribution in [0.4, 0.5) is 0 Å². The Bertz CT molecular complexity index is 718. The number of carboxylic acid groups (broad SMARTS) is 1. The molecule has 1 saturated heterocycles.